The molecule has 2 aromatic rings. The van der Waals surface area contributed by atoms with E-state index in [0.717, 1.165) is 12.1 Å². The summed E-state index contributed by atoms with van der Waals surface area (Å²) in [5.41, 5.74) is 0.309. The van der Waals surface area contributed by atoms with Crippen molar-refractivity contribution in [2.75, 3.05) is 17.2 Å². The van der Waals surface area contributed by atoms with Gasteiger partial charge in [0.25, 0.3) is 0 Å². The van der Waals surface area contributed by atoms with Gasteiger partial charge in [0.15, 0.2) is 0 Å². The molecule has 2 rings (SSSR count). The molecular formula is C13H14F2N4. The molecule has 0 aliphatic heterocycles. The minimum Gasteiger partial charge on any atom is -0.370 e. The highest BCUT2D eigenvalue weighted by atomic mass is 19.1. The summed E-state index contributed by atoms with van der Waals surface area (Å²) in [5.74, 6) is 0.0217. The predicted molar refractivity (Wildman–Crippen MR) is 70.6 cm³/mol. The fraction of sp³-hybridized carbons (Fsp3) is 0.231. The van der Waals surface area contributed by atoms with Gasteiger partial charge in [0.2, 0.25) is 0 Å². The summed E-state index contributed by atoms with van der Waals surface area (Å²) in [4.78, 5) is 7.95. The number of benzene rings is 1. The van der Waals surface area contributed by atoms with E-state index in [1.807, 2.05) is 6.92 Å². The van der Waals surface area contributed by atoms with Gasteiger partial charge in [0, 0.05) is 18.7 Å². The Morgan fingerprint density at radius 3 is 2.53 bits per heavy atom. The van der Waals surface area contributed by atoms with Crippen molar-refractivity contribution < 1.29 is 8.78 Å². The van der Waals surface area contributed by atoms with Crippen molar-refractivity contribution in [3.8, 4) is 0 Å². The van der Waals surface area contributed by atoms with E-state index in [-0.39, 0.29) is 11.3 Å². The van der Waals surface area contributed by atoms with Crippen LogP contribution in [0.3, 0.4) is 0 Å². The van der Waals surface area contributed by atoms with E-state index in [9.17, 15) is 8.78 Å². The van der Waals surface area contributed by atoms with Crippen LogP contribution in [0.5, 0.6) is 0 Å². The SMILES string of the molecule is CCNc1cc(Nc2cc(F)c(C)cc2F)ncn1. The van der Waals surface area contributed by atoms with E-state index in [1.54, 1.807) is 6.07 Å². The highest BCUT2D eigenvalue weighted by Gasteiger charge is 2.08. The van der Waals surface area contributed by atoms with Gasteiger partial charge in [-0.25, -0.2) is 18.7 Å². The molecule has 0 unspecified atom stereocenters. The fourth-order valence-corrected chi connectivity index (χ4v) is 1.58. The Bertz CT molecular complexity index is 587. The maximum absolute atomic E-state index is 13.7. The summed E-state index contributed by atoms with van der Waals surface area (Å²) in [5, 5.41) is 5.74. The number of halogens is 2. The average molecular weight is 264 g/mol. The third kappa shape index (κ3) is 3.15. The van der Waals surface area contributed by atoms with Gasteiger partial charge in [0.1, 0.15) is 29.6 Å². The Hall–Kier alpha value is -2.24. The number of aryl methyl sites for hydroxylation is 1. The van der Waals surface area contributed by atoms with Crippen molar-refractivity contribution in [1.29, 1.82) is 0 Å². The van der Waals surface area contributed by atoms with E-state index in [4.69, 9.17) is 0 Å². The Labute approximate surface area is 109 Å². The quantitative estimate of drug-likeness (QED) is 0.890. The van der Waals surface area contributed by atoms with E-state index in [0.29, 0.717) is 18.2 Å². The molecule has 0 fully saturated rings. The standard InChI is InChI=1S/C13H14F2N4/c1-3-16-12-6-13(18-7-17-12)19-11-5-9(14)8(2)4-10(11)15/h4-7H,3H2,1-2H3,(H2,16,17,18,19). The molecule has 100 valence electrons. The van der Waals surface area contributed by atoms with E-state index in [2.05, 4.69) is 20.6 Å². The normalized spacial score (nSPS) is 10.3. The zero-order chi connectivity index (χ0) is 13.8. The third-order valence-electron chi connectivity index (χ3n) is 2.54. The summed E-state index contributed by atoms with van der Waals surface area (Å²) >= 11 is 0. The Balaban J connectivity index is 2.25. The molecule has 0 amide bonds. The van der Waals surface area contributed by atoms with E-state index < -0.39 is 11.6 Å². The van der Waals surface area contributed by atoms with Gasteiger partial charge >= 0.3 is 0 Å². The highest BCUT2D eigenvalue weighted by Crippen LogP contribution is 2.22. The lowest BCUT2D eigenvalue weighted by Crippen LogP contribution is -2.03. The van der Waals surface area contributed by atoms with Crippen LogP contribution in [0.2, 0.25) is 0 Å². The minimum atomic E-state index is -0.525. The Kier molecular flexibility index (Phi) is 3.89. The number of nitrogens with one attached hydrogen (secondary N) is 2. The van der Waals surface area contributed by atoms with Gasteiger partial charge in [-0.3, -0.25) is 0 Å². The van der Waals surface area contributed by atoms with Crippen molar-refractivity contribution in [3.63, 3.8) is 0 Å². The molecule has 1 heterocycles. The summed E-state index contributed by atoms with van der Waals surface area (Å²) in [6.07, 6.45) is 1.35. The van der Waals surface area contributed by atoms with Crippen LogP contribution in [-0.2, 0) is 0 Å². The number of aromatic nitrogens is 2. The summed E-state index contributed by atoms with van der Waals surface area (Å²) in [6, 6.07) is 3.88. The first-order valence-electron chi connectivity index (χ1n) is 5.88. The molecule has 0 spiro atoms. The maximum Gasteiger partial charge on any atom is 0.147 e. The topological polar surface area (TPSA) is 49.8 Å². The van der Waals surface area contributed by atoms with Crippen molar-refractivity contribution in [2.45, 2.75) is 13.8 Å². The smallest absolute Gasteiger partial charge is 0.147 e. The van der Waals surface area contributed by atoms with Crippen LogP contribution in [0.1, 0.15) is 12.5 Å². The van der Waals surface area contributed by atoms with Crippen molar-refractivity contribution in [1.82, 2.24) is 9.97 Å². The second-order valence-electron chi connectivity index (χ2n) is 4.03. The van der Waals surface area contributed by atoms with Gasteiger partial charge in [-0.2, -0.15) is 0 Å². The monoisotopic (exact) mass is 264 g/mol. The zero-order valence-electron chi connectivity index (χ0n) is 10.7. The summed E-state index contributed by atoms with van der Waals surface area (Å²) < 4.78 is 27.1. The molecular weight excluding hydrogens is 250 g/mol. The Morgan fingerprint density at radius 2 is 1.79 bits per heavy atom. The van der Waals surface area contributed by atoms with Crippen LogP contribution in [0.15, 0.2) is 24.5 Å². The average Bonchev–Trinajstić information content (AvgIpc) is 2.37. The van der Waals surface area contributed by atoms with Crippen LogP contribution in [0.4, 0.5) is 26.1 Å². The molecule has 0 bridgehead atoms. The van der Waals surface area contributed by atoms with Gasteiger partial charge < -0.3 is 10.6 Å². The highest BCUT2D eigenvalue weighted by molar-refractivity contribution is 5.60. The van der Waals surface area contributed by atoms with Crippen LogP contribution < -0.4 is 10.6 Å². The zero-order valence-corrected chi connectivity index (χ0v) is 10.7. The largest absolute Gasteiger partial charge is 0.370 e. The third-order valence-corrected chi connectivity index (χ3v) is 2.54. The lowest BCUT2D eigenvalue weighted by Gasteiger charge is -2.09. The molecule has 1 aromatic carbocycles. The second kappa shape index (κ2) is 5.60. The van der Waals surface area contributed by atoms with Crippen LogP contribution in [0.25, 0.3) is 0 Å². The molecule has 6 heteroatoms. The number of anilines is 3. The van der Waals surface area contributed by atoms with Crippen molar-refractivity contribution in [3.05, 3.63) is 41.7 Å². The molecule has 0 aliphatic rings. The molecule has 0 saturated heterocycles. The van der Waals surface area contributed by atoms with Crippen LogP contribution >= 0.6 is 0 Å². The van der Waals surface area contributed by atoms with Crippen molar-refractivity contribution in [2.24, 2.45) is 0 Å². The molecule has 0 saturated carbocycles. The first-order chi connectivity index (χ1) is 9.10. The lowest BCUT2D eigenvalue weighted by atomic mass is 10.2. The fourth-order valence-electron chi connectivity index (χ4n) is 1.58. The first kappa shape index (κ1) is 13.2. The van der Waals surface area contributed by atoms with Crippen LogP contribution in [-0.4, -0.2) is 16.5 Å². The predicted octanol–water partition coefficient (Wildman–Crippen LogP) is 3.24. The molecule has 1 aromatic heterocycles. The van der Waals surface area contributed by atoms with Crippen molar-refractivity contribution >= 4 is 17.3 Å². The van der Waals surface area contributed by atoms with Crippen LogP contribution in [0, 0.1) is 18.6 Å². The minimum absolute atomic E-state index is 0.0456. The van der Waals surface area contributed by atoms with Gasteiger partial charge in [-0.05, 0) is 25.5 Å². The molecule has 0 aliphatic carbocycles. The molecule has 0 radical (unpaired) electrons. The van der Waals surface area contributed by atoms with Gasteiger partial charge in [-0.1, -0.05) is 0 Å². The lowest BCUT2D eigenvalue weighted by molar-refractivity contribution is 0.595. The molecule has 0 atom stereocenters. The second-order valence-corrected chi connectivity index (χ2v) is 4.03. The number of rotatable bonds is 4. The van der Waals surface area contributed by atoms with Gasteiger partial charge in [-0.15, -0.1) is 0 Å². The number of hydrogen-bond donors (Lipinski definition) is 2. The van der Waals surface area contributed by atoms with E-state index >= 15 is 0 Å². The number of hydrogen-bond acceptors (Lipinski definition) is 4. The Morgan fingerprint density at radius 1 is 1.05 bits per heavy atom. The molecule has 2 N–H and O–H groups in total. The van der Waals surface area contributed by atoms with Gasteiger partial charge in [0.05, 0.1) is 5.69 Å². The van der Waals surface area contributed by atoms with E-state index in [1.165, 1.54) is 13.3 Å². The summed E-state index contributed by atoms with van der Waals surface area (Å²) in [6.45, 7) is 4.16. The number of nitrogens with zero attached hydrogens (tertiary/aromatic N) is 2. The maximum atomic E-state index is 13.7. The summed E-state index contributed by atoms with van der Waals surface area (Å²) in [7, 11) is 0. The first-order valence-corrected chi connectivity index (χ1v) is 5.88. The molecule has 4 nitrogen and oxygen atoms in total. The molecule has 19 heavy (non-hydrogen) atoms.